The molecule has 2 saturated heterocycles. The number of aromatic nitrogens is 1. The molecule has 1 aromatic heterocycles. The van der Waals surface area contributed by atoms with Gasteiger partial charge in [-0.2, -0.15) is 0 Å². The van der Waals surface area contributed by atoms with Gasteiger partial charge >= 0.3 is 12.0 Å². The summed E-state index contributed by atoms with van der Waals surface area (Å²) in [6, 6.07) is 2.90. The first kappa shape index (κ1) is 24.4. The van der Waals surface area contributed by atoms with Crippen LogP contribution >= 0.6 is 11.8 Å². The van der Waals surface area contributed by atoms with Crippen LogP contribution in [0.1, 0.15) is 60.8 Å². The molecular weight excluding hydrogens is 428 g/mol. The lowest BCUT2D eigenvalue weighted by Gasteiger charge is -2.33. The highest BCUT2D eigenvalue weighted by Gasteiger charge is 2.31. The van der Waals surface area contributed by atoms with Crippen molar-refractivity contribution >= 4 is 29.7 Å². The maximum absolute atomic E-state index is 13.1. The van der Waals surface area contributed by atoms with Crippen molar-refractivity contribution in [1.82, 2.24) is 20.1 Å². The lowest BCUT2D eigenvalue weighted by Crippen LogP contribution is -2.50. The molecule has 0 bridgehead atoms. The molecule has 0 aliphatic carbocycles. The number of carbonyl (C=O) groups excluding carboxylic acids is 3. The lowest BCUT2D eigenvalue weighted by molar-refractivity contribution is -0.143. The minimum Gasteiger partial charge on any atom is -0.467 e. The number of aryl methyl sites for hydroxylation is 1. The number of nitrogens with one attached hydrogen (secondary N) is 1. The number of hydrogen-bond donors (Lipinski definition) is 1. The molecule has 2 aliphatic rings. The van der Waals surface area contributed by atoms with E-state index in [9.17, 15) is 14.4 Å². The number of pyridine rings is 1. The molecule has 0 saturated carbocycles. The number of nitrogens with zero attached hydrogens (tertiary/aromatic N) is 3. The summed E-state index contributed by atoms with van der Waals surface area (Å²) >= 11 is 1.77. The van der Waals surface area contributed by atoms with E-state index in [1.807, 2.05) is 37.8 Å². The van der Waals surface area contributed by atoms with Crippen LogP contribution in [-0.4, -0.2) is 77.1 Å². The third-order valence-corrected chi connectivity index (χ3v) is 6.96. The number of amides is 3. The quantitative estimate of drug-likeness (QED) is 0.654. The van der Waals surface area contributed by atoms with Gasteiger partial charge < -0.3 is 19.9 Å². The van der Waals surface area contributed by atoms with Gasteiger partial charge in [-0.05, 0) is 44.2 Å². The molecular formula is C23H34N4O4S. The fourth-order valence-corrected chi connectivity index (χ4v) is 5.18. The molecule has 9 heteroatoms. The van der Waals surface area contributed by atoms with Crippen LogP contribution in [0.2, 0.25) is 0 Å². The van der Waals surface area contributed by atoms with E-state index < -0.39 is 12.0 Å². The minimum atomic E-state index is -0.647. The number of likely N-dealkylation sites (tertiary alicyclic amines) is 1. The van der Waals surface area contributed by atoms with E-state index in [1.54, 1.807) is 16.7 Å². The van der Waals surface area contributed by atoms with Gasteiger partial charge in [-0.1, -0.05) is 13.8 Å². The van der Waals surface area contributed by atoms with E-state index in [1.165, 1.54) is 7.11 Å². The van der Waals surface area contributed by atoms with Crippen molar-refractivity contribution in [1.29, 1.82) is 0 Å². The Balaban J connectivity index is 1.65. The number of thioether (sulfide) groups is 1. The summed E-state index contributed by atoms with van der Waals surface area (Å²) in [5.74, 6) is 1.70. The number of hydrogen-bond acceptors (Lipinski definition) is 6. The number of carbonyl (C=O) groups is 3. The summed E-state index contributed by atoms with van der Waals surface area (Å²) in [6.45, 7) is 7.81. The Bertz CT molecular complexity index is 833. The molecule has 3 rings (SSSR count). The van der Waals surface area contributed by atoms with Crippen LogP contribution in [0.15, 0.2) is 12.1 Å². The Morgan fingerprint density at radius 3 is 2.50 bits per heavy atom. The summed E-state index contributed by atoms with van der Waals surface area (Å²) in [7, 11) is 1.34. The fourth-order valence-electron chi connectivity index (χ4n) is 4.24. The van der Waals surface area contributed by atoms with Crippen molar-refractivity contribution in [3.63, 3.8) is 0 Å². The number of esters is 1. The Morgan fingerprint density at radius 2 is 1.91 bits per heavy atom. The summed E-state index contributed by atoms with van der Waals surface area (Å²) in [5, 5.41) is 2.83. The zero-order chi connectivity index (χ0) is 23.3. The van der Waals surface area contributed by atoms with Crippen LogP contribution in [0.4, 0.5) is 4.79 Å². The average molecular weight is 463 g/mol. The molecule has 2 aliphatic heterocycles. The highest BCUT2D eigenvalue weighted by molar-refractivity contribution is 7.99. The molecule has 0 spiro atoms. The van der Waals surface area contributed by atoms with Gasteiger partial charge in [0, 0.05) is 37.0 Å². The fraction of sp³-hybridized carbons (Fsp3) is 0.652. The lowest BCUT2D eigenvalue weighted by atomic mass is 9.89. The molecule has 0 unspecified atom stereocenters. The predicted octanol–water partition coefficient (Wildman–Crippen LogP) is 3.01. The van der Waals surface area contributed by atoms with Gasteiger partial charge in [-0.15, -0.1) is 11.8 Å². The van der Waals surface area contributed by atoms with Gasteiger partial charge in [-0.25, -0.2) is 9.59 Å². The van der Waals surface area contributed by atoms with Crippen LogP contribution in [0.25, 0.3) is 0 Å². The molecule has 8 nitrogen and oxygen atoms in total. The van der Waals surface area contributed by atoms with Gasteiger partial charge in [0.05, 0.1) is 24.2 Å². The number of rotatable bonds is 6. The van der Waals surface area contributed by atoms with Crippen LogP contribution in [-0.2, 0) is 9.53 Å². The first-order chi connectivity index (χ1) is 15.3. The number of methoxy groups -OCH3 is 1. The SMILES string of the molecule is COC(=O)[C@H](CC(C)C)NC(=O)N1CCC(c2nc(C)ccc2C(=O)N2CCSC2)CC1. The topological polar surface area (TPSA) is 91.8 Å². The zero-order valence-electron chi connectivity index (χ0n) is 19.4. The molecule has 1 atom stereocenters. The van der Waals surface area contributed by atoms with E-state index in [4.69, 9.17) is 9.72 Å². The second-order valence-corrected chi connectivity index (χ2v) is 9.98. The summed E-state index contributed by atoms with van der Waals surface area (Å²) in [4.78, 5) is 46.2. The summed E-state index contributed by atoms with van der Waals surface area (Å²) < 4.78 is 4.85. The van der Waals surface area contributed by atoms with Gasteiger partial charge in [-0.3, -0.25) is 9.78 Å². The predicted molar refractivity (Wildman–Crippen MR) is 125 cm³/mol. The monoisotopic (exact) mass is 462 g/mol. The van der Waals surface area contributed by atoms with Gasteiger partial charge in [0.2, 0.25) is 0 Å². The summed E-state index contributed by atoms with van der Waals surface area (Å²) in [5.41, 5.74) is 2.42. The van der Waals surface area contributed by atoms with E-state index in [0.29, 0.717) is 25.1 Å². The molecule has 3 heterocycles. The van der Waals surface area contributed by atoms with Crippen LogP contribution in [0, 0.1) is 12.8 Å². The third-order valence-electron chi connectivity index (χ3n) is 5.99. The molecule has 176 valence electrons. The first-order valence-corrected chi connectivity index (χ1v) is 12.4. The van der Waals surface area contributed by atoms with Crippen LogP contribution in [0.5, 0.6) is 0 Å². The minimum absolute atomic E-state index is 0.0484. The van der Waals surface area contributed by atoms with Gasteiger partial charge in [0.25, 0.3) is 5.91 Å². The standard InChI is InChI=1S/C23H34N4O4S/c1-15(2)13-19(22(29)31-4)25-23(30)26-9-7-17(8-10-26)20-18(6-5-16(3)24-20)21(28)27-11-12-32-14-27/h5-6,15,17,19H,7-14H2,1-4H3,(H,25,30)/t19-/m0/s1. The first-order valence-electron chi connectivity index (χ1n) is 11.3. The van der Waals surface area contributed by atoms with Gasteiger partial charge in [0.15, 0.2) is 0 Å². The van der Waals surface area contributed by atoms with E-state index in [2.05, 4.69) is 5.32 Å². The highest BCUT2D eigenvalue weighted by Crippen LogP contribution is 2.31. The molecule has 0 radical (unpaired) electrons. The molecule has 1 N–H and O–H groups in total. The summed E-state index contributed by atoms with van der Waals surface area (Å²) in [6.07, 6.45) is 1.99. The maximum Gasteiger partial charge on any atom is 0.328 e. The molecule has 32 heavy (non-hydrogen) atoms. The molecule has 1 aromatic rings. The second-order valence-electron chi connectivity index (χ2n) is 8.91. The number of ether oxygens (including phenoxy) is 1. The maximum atomic E-state index is 13.1. The normalized spacial score (nSPS) is 18.0. The van der Waals surface area contributed by atoms with Crippen LogP contribution in [0.3, 0.4) is 0 Å². The smallest absolute Gasteiger partial charge is 0.328 e. The Kier molecular flexibility index (Phi) is 8.39. The molecule has 3 amide bonds. The number of urea groups is 1. The van der Waals surface area contributed by atoms with Gasteiger partial charge in [0.1, 0.15) is 6.04 Å². The largest absolute Gasteiger partial charge is 0.467 e. The van der Waals surface area contributed by atoms with Crippen molar-refractivity contribution in [3.05, 3.63) is 29.1 Å². The van der Waals surface area contributed by atoms with Crippen molar-refractivity contribution in [2.24, 2.45) is 5.92 Å². The zero-order valence-corrected chi connectivity index (χ0v) is 20.2. The van der Waals surface area contributed by atoms with Crippen molar-refractivity contribution in [3.8, 4) is 0 Å². The average Bonchev–Trinajstić information content (AvgIpc) is 3.32. The number of piperidine rings is 1. The third kappa shape index (κ3) is 5.94. The Hall–Kier alpha value is -2.29. The van der Waals surface area contributed by atoms with E-state index in [0.717, 1.165) is 42.4 Å². The Morgan fingerprint density at radius 1 is 1.19 bits per heavy atom. The van der Waals surface area contributed by atoms with E-state index >= 15 is 0 Å². The molecule has 2 fully saturated rings. The second kappa shape index (κ2) is 11.0. The van der Waals surface area contributed by atoms with E-state index in [-0.39, 0.29) is 23.8 Å². The van der Waals surface area contributed by atoms with Crippen LogP contribution < -0.4 is 5.32 Å². The van der Waals surface area contributed by atoms with Crippen molar-refractivity contribution < 1.29 is 19.1 Å². The van der Waals surface area contributed by atoms with Crippen molar-refractivity contribution in [2.75, 3.05) is 38.4 Å². The highest BCUT2D eigenvalue weighted by atomic mass is 32.2. The van der Waals surface area contributed by atoms with Crippen molar-refractivity contribution in [2.45, 2.75) is 52.0 Å². The Labute approximate surface area is 194 Å². The molecule has 0 aromatic carbocycles.